The molecule has 0 aliphatic heterocycles. The van der Waals surface area contributed by atoms with E-state index in [1.54, 1.807) is 26.2 Å². The van der Waals surface area contributed by atoms with Crippen LogP contribution in [-0.4, -0.2) is 27.2 Å². The van der Waals surface area contributed by atoms with Crippen molar-refractivity contribution in [3.63, 3.8) is 0 Å². The number of fused-ring (bicyclic) bond motifs is 1. The molecule has 0 aliphatic rings. The molecule has 0 bridgehead atoms. The maximum Gasteiger partial charge on any atom is 0.340 e. The van der Waals surface area contributed by atoms with E-state index in [4.69, 9.17) is 18.6 Å². The van der Waals surface area contributed by atoms with Crippen LogP contribution in [0, 0.1) is 6.92 Å². The molecular weight excluding hydrogens is 374 g/mol. The van der Waals surface area contributed by atoms with E-state index in [9.17, 15) is 9.59 Å². The standard InChI is InChI=1S/C22H23NO6/c1-13-17(11-20(24)23-12-14-6-5-7-15(8-14)26-2)22(25)29-19-10-16(27-3)9-18(28-4)21(13)19/h5-10H,11-12H2,1-4H3,(H,23,24). The molecule has 1 N–H and O–H groups in total. The summed E-state index contributed by atoms with van der Waals surface area (Å²) in [6, 6.07) is 10.7. The molecular formula is C22H23NO6. The van der Waals surface area contributed by atoms with Crippen molar-refractivity contribution in [3.05, 3.63) is 63.5 Å². The number of carbonyl (C=O) groups is 1. The molecule has 0 saturated carbocycles. The van der Waals surface area contributed by atoms with Crippen molar-refractivity contribution in [1.29, 1.82) is 0 Å². The van der Waals surface area contributed by atoms with Crippen LogP contribution in [0.2, 0.25) is 0 Å². The highest BCUT2D eigenvalue weighted by Gasteiger charge is 2.18. The van der Waals surface area contributed by atoms with E-state index in [0.29, 0.717) is 45.9 Å². The Morgan fingerprint density at radius 1 is 1.03 bits per heavy atom. The second-order valence-corrected chi connectivity index (χ2v) is 6.50. The smallest absolute Gasteiger partial charge is 0.340 e. The molecule has 1 aromatic heterocycles. The van der Waals surface area contributed by atoms with Gasteiger partial charge in [-0.3, -0.25) is 4.79 Å². The van der Waals surface area contributed by atoms with Gasteiger partial charge in [0.25, 0.3) is 0 Å². The third-order valence-corrected chi connectivity index (χ3v) is 4.73. The Bertz CT molecular complexity index is 1100. The zero-order valence-electron chi connectivity index (χ0n) is 16.8. The molecule has 29 heavy (non-hydrogen) atoms. The van der Waals surface area contributed by atoms with Gasteiger partial charge in [-0.25, -0.2) is 4.79 Å². The highest BCUT2D eigenvalue weighted by molar-refractivity contribution is 5.90. The lowest BCUT2D eigenvalue weighted by Gasteiger charge is -2.13. The van der Waals surface area contributed by atoms with Gasteiger partial charge in [0.15, 0.2) is 0 Å². The molecule has 0 atom stereocenters. The Kier molecular flexibility index (Phi) is 6.07. The summed E-state index contributed by atoms with van der Waals surface area (Å²) in [6.07, 6.45) is -0.0940. The van der Waals surface area contributed by atoms with Crippen LogP contribution in [0.3, 0.4) is 0 Å². The molecule has 0 radical (unpaired) electrons. The first-order valence-electron chi connectivity index (χ1n) is 9.04. The Hall–Kier alpha value is -3.48. The van der Waals surface area contributed by atoms with Gasteiger partial charge in [0.1, 0.15) is 22.8 Å². The molecule has 0 aliphatic carbocycles. The van der Waals surface area contributed by atoms with E-state index in [-0.39, 0.29) is 12.3 Å². The number of rotatable bonds is 7. The first-order chi connectivity index (χ1) is 14.0. The van der Waals surface area contributed by atoms with Gasteiger partial charge in [0, 0.05) is 18.7 Å². The van der Waals surface area contributed by atoms with Crippen LogP contribution in [-0.2, 0) is 17.8 Å². The lowest BCUT2D eigenvalue weighted by Crippen LogP contribution is -2.27. The van der Waals surface area contributed by atoms with Gasteiger partial charge < -0.3 is 23.9 Å². The van der Waals surface area contributed by atoms with Gasteiger partial charge in [-0.1, -0.05) is 12.1 Å². The number of benzene rings is 2. The number of ether oxygens (including phenoxy) is 3. The molecule has 7 nitrogen and oxygen atoms in total. The van der Waals surface area contributed by atoms with Gasteiger partial charge >= 0.3 is 5.63 Å². The molecule has 0 fully saturated rings. The topological polar surface area (TPSA) is 87.0 Å². The molecule has 1 heterocycles. The minimum absolute atomic E-state index is 0.0940. The minimum Gasteiger partial charge on any atom is -0.497 e. The van der Waals surface area contributed by atoms with E-state index in [0.717, 1.165) is 5.56 Å². The van der Waals surface area contributed by atoms with Gasteiger partial charge in [-0.15, -0.1) is 0 Å². The second-order valence-electron chi connectivity index (χ2n) is 6.50. The summed E-state index contributed by atoms with van der Waals surface area (Å²) in [6.45, 7) is 2.10. The predicted octanol–water partition coefficient (Wildman–Crippen LogP) is 2.99. The number of hydrogen-bond acceptors (Lipinski definition) is 6. The molecule has 3 aromatic rings. The van der Waals surface area contributed by atoms with Crippen LogP contribution >= 0.6 is 0 Å². The fraction of sp³-hybridized carbons (Fsp3) is 0.273. The summed E-state index contributed by atoms with van der Waals surface area (Å²) in [5.74, 6) is 1.46. The summed E-state index contributed by atoms with van der Waals surface area (Å²) in [4.78, 5) is 25.0. The van der Waals surface area contributed by atoms with E-state index in [2.05, 4.69) is 5.32 Å². The summed E-state index contributed by atoms with van der Waals surface area (Å²) in [5.41, 5.74) is 1.64. The second kappa shape index (κ2) is 8.68. The summed E-state index contributed by atoms with van der Waals surface area (Å²) in [5, 5.41) is 3.46. The van der Waals surface area contributed by atoms with Crippen LogP contribution in [0.5, 0.6) is 17.2 Å². The third kappa shape index (κ3) is 4.34. The first-order valence-corrected chi connectivity index (χ1v) is 9.04. The minimum atomic E-state index is -0.554. The van der Waals surface area contributed by atoms with Crippen LogP contribution in [0.15, 0.2) is 45.6 Å². The van der Waals surface area contributed by atoms with Crippen molar-refractivity contribution in [2.45, 2.75) is 19.9 Å². The number of methoxy groups -OCH3 is 3. The van der Waals surface area contributed by atoms with E-state index >= 15 is 0 Å². The summed E-state index contributed by atoms with van der Waals surface area (Å²) in [7, 11) is 4.63. The van der Waals surface area contributed by atoms with Gasteiger partial charge in [-0.2, -0.15) is 0 Å². The normalized spacial score (nSPS) is 10.6. The summed E-state index contributed by atoms with van der Waals surface area (Å²) < 4.78 is 21.3. The quantitative estimate of drug-likeness (QED) is 0.617. The number of amides is 1. The van der Waals surface area contributed by atoms with Crippen molar-refractivity contribution in [3.8, 4) is 17.2 Å². The highest BCUT2D eigenvalue weighted by atomic mass is 16.5. The first kappa shape index (κ1) is 20.3. The largest absolute Gasteiger partial charge is 0.497 e. The average Bonchev–Trinajstić information content (AvgIpc) is 2.74. The molecule has 3 rings (SSSR count). The molecule has 152 valence electrons. The highest BCUT2D eigenvalue weighted by Crippen LogP contribution is 2.33. The van der Waals surface area contributed by atoms with Gasteiger partial charge in [0.05, 0.1) is 38.7 Å². The third-order valence-electron chi connectivity index (χ3n) is 4.73. The predicted molar refractivity (Wildman–Crippen MR) is 109 cm³/mol. The van der Waals surface area contributed by atoms with Crippen molar-refractivity contribution < 1.29 is 23.4 Å². The maximum absolute atomic E-state index is 12.5. The Morgan fingerprint density at radius 3 is 2.48 bits per heavy atom. The van der Waals surface area contributed by atoms with E-state index in [1.807, 2.05) is 24.3 Å². The van der Waals surface area contributed by atoms with Crippen LogP contribution in [0.1, 0.15) is 16.7 Å². The van der Waals surface area contributed by atoms with Crippen molar-refractivity contribution in [1.82, 2.24) is 5.32 Å². The lowest BCUT2D eigenvalue weighted by atomic mass is 10.0. The van der Waals surface area contributed by atoms with Gasteiger partial charge in [0.2, 0.25) is 5.91 Å². The van der Waals surface area contributed by atoms with E-state index in [1.165, 1.54) is 14.2 Å². The van der Waals surface area contributed by atoms with Gasteiger partial charge in [-0.05, 0) is 30.2 Å². The maximum atomic E-state index is 12.5. The van der Waals surface area contributed by atoms with Crippen LogP contribution in [0.25, 0.3) is 11.0 Å². The number of aryl methyl sites for hydroxylation is 1. The fourth-order valence-corrected chi connectivity index (χ4v) is 3.17. The molecule has 0 saturated heterocycles. The fourth-order valence-electron chi connectivity index (χ4n) is 3.17. The number of nitrogens with one attached hydrogen (secondary N) is 1. The van der Waals surface area contributed by atoms with Crippen molar-refractivity contribution in [2.24, 2.45) is 0 Å². The Balaban J connectivity index is 1.85. The Morgan fingerprint density at radius 2 is 1.79 bits per heavy atom. The molecule has 7 heteroatoms. The number of carbonyl (C=O) groups excluding carboxylic acids is 1. The zero-order chi connectivity index (χ0) is 21.0. The molecule has 1 amide bonds. The zero-order valence-corrected chi connectivity index (χ0v) is 16.8. The average molecular weight is 397 g/mol. The lowest BCUT2D eigenvalue weighted by molar-refractivity contribution is -0.120. The van der Waals surface area contributed by atoms with Crippen molar-refractivity contribution >= 4 is 16.9 Å². The van der Waals surface area contributed by atoms with Crippen LogP contribution in [0.4, 0.5) is 0 Å². The molecule has 2 aromatic carbocycles. The summed E-state index contributed by atoms with van der Waals surface area (Å²) >= 11 is 0. The van der Waals surface area contributed by atoms with E-state index < -0.39 is 5.63 Å². The monoisotopic (exact) mass is 397 g/mol. The van der Waals surface area contributed by atoms with Crippen molar-refractivity contribution in [2.75, 3.05) is 21.3 Å². The molecule has 0 spiro atoms. The molecule has 0 unspecified atom stereocenters. The number of hydrogen-bond donors (Lipinski definition) is 1. The SMILES string of the molecule is COc1cccc(CNC(=O)Cc2c(C)c3c(OC)cc(OC)cc3oc2=O)c1. The van der Waals surface area contributed by atoms with Crippen LogP contribution < -0.4 is 25.2 Å². The Labute approximate surface area is 168 Å².